The summed E-state index contributed by atoms with van der Waals surface area (Å²) in [4.78, 5) is 29.0. The topological polar surface area (TPSA) is 96.0 Å². The fraction of sp³-hybridized carbons (Fsp3) is 0.375. The number of hydrogen-bond acceptors (Lipinski definition) is 5. The normalized spacial score (nSPS) is 12.7. The summed E-state index contributed by atoms with van der Waals surface area (Å²) in [5, 5.41) is 3.63. The van der Waals surface area contributed by atoms with E-state index in [9.17, 15) is 18.0 Å². The Morgan fingerprint density at radius 2 is 1.56 bits per heavy atom. The first-order valence-electron chi connectivity index (χ1n) is 14.3. The number of amides is 2. The molecular formula is C32H39Cl2N3O5S. The summed E-state index contributed by atoms with van der Waals surface area (Å²) in [6.07, 6.45) is 1.02. The van der Waals surface area contributed by atoms with Gasteiger partial charge in [0.05, 0.1) is 27.2 Å². The van der Waals surface area contributed by atoms with Crippen molar-refractivity contribution in [2.75, 3.05) is 17.5 Å². The van der Waals surface area contributed by atoms with E-state index in [4.69, 9.17) is 27.9 Å². The number of nitrogens with one attached hydrogen (secondary N) is 1. The second kappa shape index (κ2) is 15.5. The highest BCUT2D eigenvalue weighted by atomic mass is 35.5. The molecular weight excluding hydrogens is 609 g/mol. The molecule has 0 saturated carbocycles. The number of carbonyl (C=O) groups excluding carboxylic acids is 2. The van der Waals surface area contributed by atoms with E-state index in [1.165, 1.54) is 17.0 Å². The first-order valence-corrected chi connectivity index (χ1v) is 16.5. The van der Waals surface area contributed by atoms with Gasteiger partial charge >= 0.3 is 0 Å². The number of sulfonamides is 1. The lowest BCUT2D eigenvalue weighted by atomic mass is 10.1. The molecule has 3 rings (SSSR count). The number of rotatable bonds is 14. The van der Waals surface area contributed by atoms with E-state index in [1.807, 2.05) is 34.6 Å². The molecule has 1 N–H and O–H groups in total. The van der Waals surface area contributed by atoms with Gasteiger partial charge in [-0.2, -0.15) is 0 Å². The fourth-order valence-electron chi connectivity index (χ4n) is 4.44. The van der Waals surface area contributed by atoms with Crippen LogP contribution in [0, 0.1) is 6.92 Å². The average molecular weight is 649 g/mol. The van der Waals surface area contributed by atoms with Crippen molar-refractivity contribution in [3.05, 3.63) is 87.9 Å². The van der Waals surface area contributed by atoms with Crippen molar-refractivity contribution >= 4 is 50.7 Å². The molecule has 232 valence electrons. The highest BCUT2D eigenvalue weighted by Crippen LogP contribution is 2.28. The Labute approximate surface area is 265 Å². The first-order chi connectivity index (χ1) is 20.4. The van der Waals surface area contributed by atoms with Crippen LogP contribution in [0.2, 0.25) is 10.0 Å². The standard InChI is InChI=1S/C32H39Cl2N3O5S/c1-6-23(5)35-32(39)30(7-2)36(20-24-11-18-28(33)29(34)19-24)31(38)21-37(25-12-9-22(4)10-13-25)43(40,41)27-16-14-26(15-17-27)42-8-3/h9-19,23,30H,6-8,20-21H2,1-5H3,(H,35,39)/t23-,30-/m0/s1. The van der Waals surface area contributed by atoms with E-state index >= 15 is 0 Å². The highest BCUT2D eigenvalue weighted by Gasteiger charge is 2.34. The Morgan fingerprint density at radius 1 is 0.907 bits per heavy atom. The Hall–Kier alpha value is -3.27. The van der Waals surface area contributed by atoms with Gasteiger partial charge in [0.1, 0.15) is 18.3 Å². The van der Waals surface area contributed by atoms with E-state index in [-0.39, 0.29) is 23.4 Å². The van der Waals surface area contributed by atoms with Crippen LogP contribution in [0.25, 0.3) is 0 Å². The Bertz CT molecular complexity index is 1500. The maximum Gasteiger partial charge on any atom is 0.264 e. The SMILES string of the molecule is CCOc1ccc(S(=O)(=O)N(CC(=O)N(Cc2ccc(Cl)c(Cl)c2)[C@@H](CC)C(=O)N[C@@H](C)CC)c2ccc(C)cc2)cc1. The molecule has 2 amide bonds. The third kappa shape index (κ3) is 8.87. The lowest BCUT2D eigenvalue weighted by Crippen LogP contribution is -2.53. The number of carbonyl (C=O) groups is 2. The van der Waals surface area contributed by atoms with Crippen molar-refractivity contribution in [2.45, 2.75) is 71.0 Å². The van der Waals surface area contributed by atoms with Crippen molar-refractivity contribution in [2.24, 2.45) is 0 Å². The maximum absolute atomic E-state index is 14.2. The van der Waals surface area contributed by atoms with Gasteiger partial charge in [-0.3, -0.25) is 13.9 Å². The molecule has 0 unspecified atom stereocenters. The van der Waals surface area contributed by atoms with Gasteiger partial charge in [0, 0.05) is 12.6 Å². The summed E-state index contributed by atoms with van der Waals surface area (Å²) < 4.78 is 34.6. The van der Waals surface area contributed by atoms with Crippen LogP contribution in [0.1, 0.15) is 51.7 Å². The molecule has 0 aromatic heterocycles. The summed E-state index contributed by atoms with van der Waals surface area (Å²) in [6.45, 7) is 9.30. The van der Waals surface area contributed by atoms with Crippen molar-refractivity contribution < 1.29 is 22.7 Å². The molecule has 2 atom stereocenters. The molecule has 11 heteroatoms. The zero-order chi connectivity index (χ0) is 31.7. The first kappa shape index (κ1) is 34.2. The molecule has 0 aliphatic heterocycles. The van der Waals surface area contributed by atoms with Gasteiger partial charge in [-0.05, 0) is 87.7 Å². The second-order valence-electron chi connectivity index (χ2n) is 10.3. The van der Waals surface area contributed by atoms with Gasteiger partial charge in [-0.25, -0.2) is 8.42 Å². The van der Waals surface area contributed by atoms with Crippen LogP contribution in [0.4, 0.5) is 5.69 Å². The number of ether oxygens (including phenoxy) is 1. The Morgan fingerprint density at radius 3 is 2.12 bits per heavy atom. The molecule has 43 heavy (non-hydrogen) atoms. The predicted octanol–water partition coefficient (Wildman–Crippen LogP) is 6.62. The number of hydrogen-bond donors (Lipinski definition) is 1. The molecule has 0 radical (unpaired) electrons. The van der Waals surface area contributed by atoms with E-state index < -0.39 is 28.5 Å². The number of halogens is 2. The molecule has 0 spiro atoms. The molecule has 0 fully saturated rings. The third-order valence-electron chi connectivity index (χ3n) is 7.05. The molecule has 0 aliphatic carbocycles. The number of nitrogens with zero attached hydrogens (tertiary/aromatic N) is 2. The summed E-state index contributed by atoms with van der Waals surface area (Å²) in [6, 6.07) is 17.0. The van der Waals surface area contributed by atoms with Gasteiger partial charge in [-0.15, -0.1) is 0 Å². The molecule has 3 aromatic carbocycles. The van der Waals surface area contributed by atoms with Crippen LogP contribution in [-0.2, 0) is 26.2 Å². The quantitative estimate of drug-likeness (QED) is 0.212. The number of anilines is 1. The zero-order valence-electron chi connectivity index (χ0n) is 25.1. The molecule has 0 bridgehead atoms. The summed E-state index contributed by atoms with van der Waals surface area (Å²) in [5.74, 6) is -0.334. The Balaban J connectivity index is 2.06. The zero-order valence-corrected chi connectivity index (χ0v) is 27.5. The third-order valence-corrected chi connectivity index (χ3v) is 9.57. The van der Waals surface area contributed by atoms with E-state index in [2.05, 4.69) is 5.32 Å². The molecule has 3 aromatic rings. The van der Waals surface area contributed by atoms with E-state index in [1.54, 1.807) is 54.6 Å². The van der Waals surface area contributed by atoms with Crippen molar-refractivity contribution in [1.29, 1.82) is 0 Å². The van der Waals surface area contributed by atoms with Crippen LogP contribution < -0.4 is 14.4 Å². The van der Waals surface area contributed by atoms with Crippen LogP contribution >= 0.6 is 23.2 Å². The monoisotopic (exact) mass is 647 g/mol. The summed E-state index contributed by atoms with van der Waals surface area (Å²) in [7, 11) is -4.20. The minimum Gasteiger partial charge on any atom is -0.494 e. The summed E-state index contributed by atoms with van der Waals surface area (Å²) in [5.41, 5.74) is 1.90. The Kier molecular flexibility index (Phi) is 12.3. The molecule has 0 heterocycles. The summed E-state index contributed by atoms with van der Waals surface area (Å²) >= 11 is 12.4. The van der Waals surface area contributed by atoms with Crippen LogP contribution in [0.15, 0.2) is 71.6 Å². The lowest BCUT2D eigenvalue weighted by Gasteiger charge is -2.33. The fourth-order valence-corrected chi connectivity index (χ4v) is 6.17. The van der Waals surface area contributed by atoms with Gasteiger partial charge in [0.15, 0.2) is 0 Å². The van der Waals surface area contributed by atoms with Crippen molar-refractivity contribution in [3.8, 4) is 5.75 Å². The minimum atomic E-state index is -4.20. The molecule has 0 aliphatic rings. The van der Waals surface area contributed by atoms with Gasteiger partial charge in [0.25, 0.3) is 10.0 Å². The maximum atomic E-state index is 14.2. The van der Waals surface area contributed by atoms with E-state index in [0.29, 0.717) is 46.5 Å². The smallest absolute Gasteiger partial charge is 0.264 e. The van der Waals surface area contributed by atoms with Gasteiger partial charge in [-0.1, -0.05) is 60.8 Å². The average Bonchev–Trinajstić information content (AvgIpc) is 2.98. The van der Waals surface area contributed by atoms with E-state index in [0.717, 1.165) is 9.87 Å². The van der Waals surface area contributed by atoms with Crippen molar-refractivity contribution in [1.82, 2.24) is 10.2 Å². The minimum absolute atomic E-state index is 0.00177. The number of aryl methyl sites for hydroxylation is 1. The lowest BCUT2D eigenvalue weighted by molar-refractivity contribution is -0.140. The van der Waals surface area contributed by atoms with Crippen LogP contribution in [-0.4, -0.2) is 50.4 Å². The molecule has 0 saturated heterocycles. The van der Waals surface area contributed by atoms with Crippen molar-refractivity contribution in [3.63, 3.8) is 0 Å². The van der Waals surface area contributed by atoms with Gasteiger partial charge < -0.3 is 15.0 Å². The second-order valence-corrected chi connectivity index (χ2v) is 12.9. The predicted molar refractivity (Wildman–Crippen MR) is 172 cm³/mol. The largest absolute Gasteiger partial charge is 0.494 e. The van der Waals surface area contributed by atoms with Crippen LogP contribution in [0.5, 0.6) is 5.75 Å². The number of benzene rings is 3. The molecule has 8 nitrogen and oxygen atoms in total. The van der Waals surface area contributed by atoms with Gasteiger partial charge in [0.2, 0.25) is 11.8 Å². The highest BCUT2D eigenvalue weighted by molar-refractivity contribution is 7.92. The van der Waals surface area contributed by atoms with Crippen LogP contribution in [0.3, 0.4) is 0 Å².